The van der Waals surface area contributed by atoms with Gasteiger partial charge in [-0.05, 0) is 23.8 Å². The summed E-state index contributed by atoms with van der Waals surface area (Å²) in [5.74, 6) is -0.976. The Hall–Kier alpha value is -3.40. The average Bonchev–Trinajstić information content (AvgIpc) is 2.59. The van der Waals surface area contributed by atoms with Crippen molar-refractivity contribution < 1.29 is 14.6 Å². The van der Waals surface area contributed by atoms with E-state index < -0.39 is 5.91 Å². The second-order valence-corrected chi connectivity index (χ2v) is 4.59. The molecule has 0 bridgehead atoms. The van der Waals surface area contributed by atoms with Gasteiger partial charge < -0.3 is 15.2 Å². The molecule has 7 heteroatoms. The second-order valence-electron chi connectivity index (χ2n) is 4.59. The summed E-state index contributed by atoms with van der Waals surface area (Å²) in [6.07, 6.45) is 1.46. The minimum absolute atomic E-state index is 0.0895. The highest BCUT2D eigenvalue weighted by Gasteiger charge is 2.14. The molecule has 0 aliphatic carbocycles. The predicted octanol–water partition coefficient (Wildman–Crippen LogP) is 1.68. The number of aromatic hydroxyl groups is 1. The Balaban J connectivity index is 2.18. The molecule has 0 unspecified atom stereocenters. The highest BCUT2D eigenvalue weighted by molar-refractivity contribution is 5.97. The number of hydrogen-bond donors (Lipinski definition) is 3. The molecule has 0 saturated carbocycles. The predicted molar refractivity (Wildman–Crippen MR) is 83.1 cm³/mol. The molecular formula is C16H14N4O3. The number of methoxy groups -OCH3 is 1. The van der Waals surface area contributed by atoms with Gasteiger partial charge in [-0.2, -0.15) is 5.26 Å². The summed E-state index contributed by atoms with van der Waals surface area (Å²) in [6, 6.07) is 10.2. The van der Waals surface area contributed by atoms with Crippen molar-refractivity contribution in [3.63, 3.8) is 0 Å². The number of hydrogen-bond acceptors (Lipinski definition) is 6. The molecule has 1 amide bonds. The molecule has 1 aromatic carbocycles. The molecule has 0 aliphatic rings. The highest BCUT2D eigenvalue weighted by atomic mass is 16.5. The maximum absolute atomic E-state index is 11.9. The first-order valence-electron chi connectivity index (χ1n) is 6.64. The van der Waals surface area contributed by atoms with Gasteiger partial charge in [-0.3, -0.25) is 10.2 Å². The van der Waals surface area contributed by atoms with Crippen LogP contribution in [0, 0.1) is 16.7 Å². The number of pyridine rings is 1. The summed E-state index contributed by atoms with van der Waals surface area (Å²) in [4.78, 5) is 15.9. The van der Waals surface area contributed by atoms with Crippen molar-refractivity contribution in [2.75, 3.05) is 13.7 Å². The molecule has 2 aromatic rings. The number of carbonyl (C=O) groups is 1. The maximum atomic E-state index is 11.9. The molecule has 0 spiro atoms. The molecule has 0 atom stereocenters. The van der Waals surface area contributed by atoms with Gasteiger partial charge in [-0.15, -0.1) is 0 Å². The Morgan fingerprint density at radius 3 is 2.65 bits per heavy atom. The Labute approximate surface area is 132 Å². The van der Waals surface area contributed by atoms with Crippen LogP contribution in [-0.2, 0) is 4.74 Å². The number of rotatable bonds is 4. The van der Waals surface area contributed by atoms with Crippen LogP contribution < -0.4 is 5.32 Å². The SMILES string of the molecule is COC(=N)CNC(=O)c1ncc(-c2ccc(C#N)cc2)cc1O. The zero-order chi connectivity index (χ0) is 16.8. The van der Waals surface area contributed by atoms with Gasteiger partial charge >= 0.3 is 0 Å². The number of aromatic nitrogens is 1. The summed E-state index contributed by atoms with van der Waals surface area (Å²) in [5, 5.41) is 28.5. The van der Waals surface area contributed by atoms with Gasteiger partial charge in [0, 0.05) is 11.8 Å². The fourth-order valence-corrected chi connectivity index (χ4v) is 1.84. The quantitative estimate of drug-likeness (QED) is 0.586. The molecule has 0 fully saturated rings. The van der Waals surface area contributed by atoms with Gasteiger partial charge in [0.1, 0.15) is 5.75 Å². The van der Waals surface area contributed by atoms with Crippen LogP contribution in [0.3, 0.4) is 0 Å². The molecule has 3 N–H and O–H groups in total. The van der Waals surface area contributed by atoms with E-state index in [1.54, 1.807) is 24.3 Å². The van der Waals surface area contributed by atoms with E-state index in [4.69, 9.17) is 10.7 Å². The van der Waals surface area contributed by atoms with E-state index >= 15 is 0 Å². The van der Waals surface area contributed by atoms with Gasteiger partial charge in [0.15, 0.2) is 11.6 Å². The Morgan fingerprint density at radius 2 is 2.09 bits per heavy atom. The van der Waals surface area contributed by atoms with Crippen LogP contribution in [0.1, 0.15) is 16.1 Å². The Morgan fingerprint density at radius 1 is 1.39 bits per heavy atom. The lowest BCUT2D eigenvalue weighted by Gasteiger charge is -2.08. The van der Waals surface area contributed by atoms with Crippen LogP contribution in [-0.4, -0.2) is 35.5 Å². The lowest BCUT2D eigenvalue weighted by Crippen LogP contribution is -2.30. The number of nitriles is 1. The summed E-state index contributed by atoms with van der Waals surface area (Å²) in [6.45, 7) is -0.0895. The standard InChI is InChI=1S/C16H14N4O3/c1-23-14(18)9-20-16(22)15-13(21)6-12(8-19-15)11-4-2-10(7-17)3-5-11/h2-6,8,18,21H,9H2,1H3,(H,20,22). The van der Waals surface area contributed by atoms with E-state index in [2.05, 4.69) is 15.0 Å². The lowest BCUT2D eigenvalue weighted by molar-refractivity contribution is 0.0949. The number of amides is 1. The number of ether oxygens (including phenoxy) is 1. The first kappa shape index (κ1) is 16.0. The van der Waals surface area contributed by atoms with Gasteiger partial charge in [-0.25, -0.2) is 4.98 Å². The molecule has 1 heterocycles. The molecule has 0 radical (unpaired) electrons. The average molecular weight is 310 g/mol. The minimum atomic E-state index is -0.601. The van der Waals surface area contributed by atoms with Crippen LogP contribution in [0.4, 0.5) is 0 Å². The molecule has 0 saturated heterocycles. The van der Waals surface area contributed by atoms with Crippen LogP contribution >= 0.6 is 0 Å². The van der Waals surface area contributed by atoms with Crippen molar-refractivity contribution in [2.45, 2.75) is 0 Å². The number of nitrogens with zero attached hydrogens (tertiary/aromatic N) is 2. The fourth-order valence-electron chi connectivity index (χ4n) is 1.84. The monoisotopic (exact) mass is 310 g/mol. The molecule has 23 heavy (non-hydrogen) atoms. The Bertz CT molecular complexity index is 779. The highest BCUT2D eigenvalue weighted by Crippen LogP contribution is 2.24. The van der Waals surface area contributed by atoms with Gasteiger partial charge in [0.2, 0.25) is 0 Å². The van der Waals surface area contributed by atoms with Crippen LogP contribution in [0.2, 0.25) is 0 Å². The van der Waals surface area contributed by atoms with E-state index in [1.165, 1.54) is 19.4 Å². The van der Waals surface area contributed by atoms with Crippen LogP contribution in [0.25, 0.3) is 11.1 Å². The van der Waals surface area contributed by atoms with Crippen molar-refractivity contribution in [2.24, 2.45) is 0 Å². The first-order valence-corrected chi connectivity index (χ1v) is 6.64. The summed E-state index contributed by atoms with van der Waals surface area (Å²) < 4.78 is 4.63. The van der Waals surface area contributed by atoms with Crippen molar-refractivity contribution >= 4 is 11.8 Å². The molecule has 7 nitrogen and oxygen atoms in total. The summed E-state index contributed by atoms with van der Waals surface area (Å²) in [7, 11) is 1.33. The number of nitrogens with one attached hydrogen (secondary N) is 2. The molecule has 116 valence electrons. The van der Waals surface area contributed by atoms with Gasteiger partial charge in [-0.1, -0.05) is 12.1 Å². The molecule has 2 rings (SSSR count). The van der Waals surface area contributed by atoms with Crippen molar-refractivity contribution in [3.8, 4) is 22.9 Å². The third-order valence-corrected chi connectivity index (χ3v) is 3.09. The van der Waals surface area contributed by atoms with Crippen molar-refractivity contribution in [3.05, 3.63) is 47.8 Å². The molecule has 1 aromatic heterocycles. The third kappa shape index (κ3) is 3.83. The number of carbonyl (C=O) groups excluding carboxylic acids is 1. The second kappa shape index (κ2) is 7.04. The van der Waals surface area contributed by atoms with E-state index in [1.807, 2.05) is 6.07 Å². The minimum Gasteiger partial charge on any atom is -0.505 e. The number of benzene rings is 1. The van der Waals surface area contributed by atoms with Gasteiger partial charge in [0.25, 0.3) is 5.91 Å². The molecule has 0 aliphatic heterocycles. The van der Waals surface area contributed by atoms with Crippen LogP contribution in [0.15, 0.2) is 36.5 Å². The molecular weight excluding hydrogens is 296 g/mol. The van der Waals surface area contributed by atoms with E-state index in [-0.39, 0.29) is 23.9 Å². The zero-order valence-corrected chi connectivity index (χ0v) is 12.3. The van der Waals surface area contributed by atoms with Crippen molar-refractivity contribution in [1.29, 1.82) is 10.7 Å². The van der Waals surface area contributed by atoms with Crippen molar-refractivity contribution in [1.82, 2.24) is 10.3 Å². The van der Waals surface area contributed by atoms with Gasteiger partial charge in [0.05, 0.1) is 25.3 Å². The maximum Gasteiger partial charge on any atom is 0.274 e. The zero-order valence-electron chi connectivity index (χ0n) is 12.3. The van der Waals surface area contributed by atoms with E-state index in [0.29, 0.717) is 11.1 Å². The first-order chi connectivity index (χ1) is 11.0. The normalized spacial score (nSPS) is 9.74. The fraction of sp³-hybridized carbons (Fsp3) is 0.125. The summed E-state index contributed by atoms with van der Waals surface area (Å²) in [5.41, 5.74) is 1.78. The Kier molecular flexibility index (Phi) is 4.89. The third-order valence-electron chi connectivity index (χ3n) is 3.09. The van der Waals surface area contributed by atoms with Crippen LogP contribution in [0.5, 0.6) is 5.75 Å². The summed E-state index contributed by atoms with van der Waals surface area (Å²) >= 11 is 0. The van der Waals surface area contributed by atoms with E-state index in [0.717, 1.165) is 5.56 Å². The topological polar surface area (TPSA) is 119 Å². The van der Waals surface area contributed by atoms with E-state index in [9.17, 15) is 9.90 Å². The largest absolute Gasteiger partial charge is 0.505 e. The lowest BCUT2D eigenvalue weighted by atomic mass is 10.1. The smallest absolute Gasteiger partial charge is 0.274 e.